The van der Waals surface area contributed by atoms with Crippen molar-refractivity contribution < 1.29 is 14.3 Å². The number of esters is 1. The van der Waals surface area contributed by atoms with Crippen LogP contribution in [0.1, 0.15) is 13.8 Å². The summed E-state index contributed by atoms with van der Waals surface area (Å²) in [6.07, 6.45) is 1.36. The molecular formula is C12H13ClO3. The summed E-state index contributed by atoms with van der Waals surface area (Å²) in [5, 5.41) is 0.637. The maximum atomic E-state index is 11.2. The topological polar surface area (TPSA) is 35.5 Å². The Morgan fingerprint density at radius 3 is 2.56 bits per heavy atom. The second-order valence-electron chi connectivity index (χ2n) is 3.09. The highest BCUT2D eigenvalue weighted by molar-refractivity contribution is 6.30. The summed E-state index contributed by atoms with van der Waals surface area (Å²) in [6, 6.07) is 6.86. The lowest BCUT2D eigenvalue weighted by Crippen LogP contribution is -2.05. The zero-order chi connectivity index (χ0) is 12.0. The maximum Gasteiger partial charge on any atom is 0.336 e. The van der Waals surface area contributed by atoms with Crippen molar-refractivity contribution in [1.29, 1.82) is 0 Å². The number of carbonyl (C=O) groups excluding carboxylic acids is 1. The molecule has 0 aliphatic rings. The van der Waals surface area contributed by atoms with Gasteiger partial charge in [0.25, 0.3) is 0 Å². The molecule has 1 aromatic carbocycles. The Hall–Kier alpha value is -1.48. The van der Waals surface area contributed by atoms with Gasteiger partial charge in [-0.25, -0.2) is 4.79 Å². The summed E-state index contributed by atoms with van der Waals surface area (Å²) in [5.41, 5.74) is 0.414. The normalized spacial score (nSPS) is 11.1. The van der Waals surface area contributed by atoms with Crippen LogP contribution in [0.3, 0.4) is 0 Å². The third-order valence-electron chi connectivity index (χ3n) is 1.78. The van der Waals surface area contributed by atoms with E-state index in [0.29, 0.717) is 23.0 Å². The number of hydrogen-bond acceptors (Lipinski definition) is 3. The van der Waals surface area contributed by atoms with Crippen molar-refractivity contribution in [2.75, 3.05) is 6.61 Å². The second-order valence-corrected chi connectivity index (χ2v) is 3.53. The van der Waals surface area contributed by atoms with Crippen LogP contribution in [0.15, 0.2) is 36.1 Å². The van der Waals surface area contributed by atoms with Gasteiger partial charge in [0.05, 0.1) is 12.2 Å². The molecule has 0 amide bonds. The molecule has 0 bridgehead atoms. The first-order valence-electron chi connectivity index (χ1n) is 4.89. The van der Waals surface area contributed by atoms with E-state index in [1.54, 1.807) is 38.1 Å². The molecule has 0 saturated carbocycles. The molecule has 0 radical (unpaired) electrons. The number of rotatable bonds is 4. The van der Waals surface area contributed by atoms with Gasteiger partial charge in [0.1, 0.15) is 12.0 Å². The summed E-state index contributed by atoms with van der Waals surface area (Å²) < 4.78 is 10.1. The lowest BCUT2D eigenvalue weighted by Gasteiger charge is -2.03. The third kappa shape index (κ3) is 3.95. The first-order chi connectivity index (χ1) is 7.63. The van der Waals surface area contributed by atoms with E-state index in [-0.39, 0.29) is 5.97 Å². The van der Waals surface area contributed by atoms with E-state index in [0.717, 1.165) is 0 Å². The van der Waals surface area contributed by atoms with E-state index >= 15 is 0 Å². The van der Waals surface area contributed by atoms with Crippen molar-refractivity contribution in [3.63, 3.8) is 0 Å². The number of halogens is 1. The molecule has 4 heteroatoms. The van der Waals surface area contributed by atoms with Crippen LogP contribution in [-0.4, -0.2) is 12.6 Å². The first kappa shape index (κ1) is 12.6. The van der Waals surface area contributed by atoms with Crippen molar-refractivity contribution in [3.05, 3.63) is 41.1 Å². The van der Waals surface area contributed by atoms with Gasteiger partial charge in [0.15, 0.2) is 0 Å². The summed E-state index contributed by atoms with van der Waals surface area (Å²) in [5.74, 6) is 0.240. The molecule has 0 atom stereocenters. The second kappa shape index (κ2) is 6.18. The minimum absolute atomic E-state index is 0.352. The number of ether oxygens (including phenoxy) is 2. The lowest BCUT2D eigenvalue weighted by molar-refractivity contribution is -0.138. The molecule has 1 rings (SSSR count). The minimum Gasteiger partial charge on any atom is -0.464 e. The zero-order valence-corrected chi connectivity index (χ0v) is 9.95. The van der Waals surface area contributed by atoms with Gasteiger partial charge in [-0.1, -0.05) is 11.6 Å². The van der Waals surface area contributed by atoms with Crippen LogP contribution in [0, 0.1) is 0 Å². The molecule has 0 aromatic heterocycles. The number of carbonyl (C=O) groups is 1. The molecule has 16 heavy (non-hydrogen) atoms. The van der Waals surface area contributed by atoms with Gasteiger partial charge in [-0.3, -0.25) is 0 Å². The van der Waals surface area contributed by atoms with Gasteiger partial charge in [-0.15, -0.1) is 0 Å². The Labute approximate surface area is 99.6 Å². The van der Waals surface area contributed by atoms with Crippen LogP contribution in [0.2, 0.25) is 5.02 Å². The van der Waals surface area contributed by atoms with E-state index in [2.05, 4.69) is 0 Å². The molecule has 0 N–H and O–H groups in total. The van der Waals surface area contributed by atoms with Crippen molar-refractivity contribution >= 4 is 17.6 Å². The molecule has 0 spiro atoms. The van der Waals surface area contributed by atoms with Crippen LogP contribution in [0.25, 0.3) is 0 Å². The molecule has 1 aromatic rings. The van der Waals surface area contributed by atoms with E-state index in [1.807, 2.05) is 0 Å². The third-order valence-corrected chi connectivity index (χ3v) is 2.03. The Balaban J connectivity index is 2.58. The van der Waals surface area contributed by atoms with Crippen LogP contribution >= 0.6 is 11.6 Å². The summed E-state index contributed by atoms with van der Waals surface area (Å²) >= 11 is 5.72. The number of hydrogen-bond donors (Lipinski definition) is 0. The maximum absolute atomic E-state index is 11.2. The number of benzene rings is 1. The highest BCUT2D eigenvalue weighted by atomic mass is 35.5. The fourth-order valence-corrected chi connectivity index (χ4v) is 1.09. The monoisotopic (exact) mass is 240 g/mol. The molecule has 0 aliphatic carbocycles. The van der Waals surface area contributed by atoms with Gasteiger partial charge in [-0.2, -0.15) is 0 Å². The SMILES string of the molecule is CCOC(=O)/C(C)=C\Oc1ccc(Cl)cc1. The smallest absolute Gasteiger partial charge is 0.336 e. The average molecular weight is 241 g/mol. The minimum atomic E-state index is -0.378. The van der Waals surface area contributed by atoms with Gasteiger partial charge in [0.2, 0.25) is 0 Å². The van der Waals surface area contributed by atoms with Gasteiger partial charge >= 0.3 is 5.97 Å². The molecule has 86 valence electrons. The van der Waals surface area contributed by atoms with Crippen molar-refractivity contribution in [2.24, 2.45) is 0 Å². The highest BCUT2D eigenvalue weighted by Gasteiger charge is 2.04. The Morgan fingerprint density at radius 1 is 1.38 bits per heavy atom. The van der Waals surface area contributed by atoms with Crippen LogP contribution in [-0.2, 0) is 9.53 Å². The Kier molecular flexibility index (Phi) is 4.86. The molecule has 0 unspecified atom stereocenters. The molecular weight excluding hydrogens is 228 g/mol. The Bertz CT molecular complexity index is 382. The van der Waals surface area contributed by atoms with Gasteiger partial charge in [0, 0.05) is 5.02 Å². The van der Waals surface area contributed by atoms with Crippen molar-refractivity contribution in [1.82, 2.24) is 0 Å². The van der Waals surface area contributed by atoms with Gasteiger partial charge < -0.3 is 9.47 Å². The average Bonchev–Trinajstić information content (AvgIpc) is 2.28. The molecule has 0 aliphatic heterocycles. The van der Waals surface area contributed by atoms with Crippen molar-refractivity contribution in [3.8, 4) is 5.75 Å². The van der Waals surface area contributed by atoms with Crippen LogP contribution in [0.4, 0.5) is 0 Å². The van der Waals surface area contributed by atoms with Gasteiger partial charge in [-0.05, 0) is 38.1 Å². The largest absolute Gasteiger partial charge is 0.464 e. The summed E-state index contributed by atoms with van der Waals surface area (Å²) in [7, 11) is 0. The Morgan fingerprint density at radius 2 is 2.00 bits per heavy atom. The summed E-state index contributed by atoms with van der Waals surface area (Å²) in [4.78, 5) is 11.2. The first-order valence-corrected chi connectivity index (χ1v) is 5.27. The quantitative estimate of drug-likeness (QED) is 0.461. The predicted molar refractivity (Wildman–Crippen MR) is 62.5 cm³/mol. The predicted octanol–water partition coefficient (Wildman–Crippen LogP) is 3.19. The van der Waals surface area contributed by atoms with E-state index in [9.17, 15) is 4.79 Å². The standard InChI is InChI=1S/C12H13ClO3/c1-3-15-12(14)9(2)8-16-11-6-4-10(13)5-7-11/h4-8H,3H2,1-2H3/b9-8-. The lowest BCUT2D eigenvalue weighted by atomic mass is 10.3. The molecule has 0 fully saturated rings. The van der Waals surface area contributed by atoms with E-state index < -0.39 is 0 Å². The fourth-order valence-electron chi connectivity index (χ4n) is 0.963. The molecule has 3 nitrogen and oxygen atoms in total. The van der Waals surface area contributed by atoms with E-state index in [1.165, 1.54) is 6.26 Å². The highest BCUT2D eigenvalue weighted by Crippen LogP contribution is 2.16. The van der Waals surface area contributed by atoms with E-state index in [4.69, 9.17) is 21.1 Å². The van der Waals surface area contributed by atoms with Crippen molar-refractivity contribution in [2.45, 2.75) is 13.8 Å². The van der Waals surface area contributed by atoms with Crippen LogP contribution in [0.5, 0.6) is 5.75 Å². The molecule has 0 saturated heterocycles. The zero-order valence-electron chi connectivity index (χ0n) is 9.20. The molecule has 0 heterocycles. The summed E-state index contributed by atoms with van der Waals surface area (Å²) in [6.45, 7) is 3.74. The van der Waals surface area contributed by atoms with Crippen LogP contribution < -0.4 is 4.74 Å². The fraction of sp³-hybridized carbons (Fsp3) is 0.250.